The molecule has 1 saturated heterocycles. The molecule has 0 bridgehead atoms. The van der Waals surface area contributed by atoms with E-state index in [-0.39, 0.29) is 10.8 Å². The number of sulfonamides is 1. The quantitative estimate of drug-likeness (QED) is 0.683. The molecule has 0 unspecified atom stereocenters. The molecule has 1 fully saturated rings. The predicted octanol–water partition coefficient (Wildman–Crippen LogP) is 3.47. The van der Waals surface area contributed by atoms with Gasteiger partial charge in [-0.1, -0.05) is 19.1 Å². The van der Waals surface area contributed by atoms with Gasteiger partial charge >= 0.3 is 0 Å². The first-order chi connectivity index (χ1) is 14.7. The summed E-state index contributed by atoms with van der Waals surface area (Å²) in [6, 6.07) is 11.6. The van der Waals surface area contributed by atoms with Crippen LogP contribution in [0.25, 0.3) is 0 Å². The molecule has 0 aliphatic carbocycles. The summed E-state index contributed by atoms with van der Waals surface area (Å²) >= 11 is 1.17. The van der Waals surface area contributed by atoms with E-state index in [0.717, 1.165) is 18.4 Å². The number of thioether (sulfide) groups is 1. The Bertz CT molecular complexity index is 1130. The number of amides is 2. The lowest BCUT2D eigenvalue weighted by Gasteiger charge is -2.33. The number of hydrogen-bond acceptors (Lipinski definition) is 5. The van der Waals surface area contributed by atoms with Crippen LogP contribution in [0.3, 0.4) is 0 Å². The second kappa shape index (κ2) is 8.55. The minimum Gasteiger partial charge on any atom is -0.341 e. The summed E-state index contributed by atoms with van der Waals surface area (Å²) in [7, 11) is -3.82. The van der Waals surface area contributed by atoms with Gasteiger partial charge in [-0.05, 0) is 61.6 Å². The number of aryl methyl sites for hydroxylation is 1. The maximum absolute atomic E-state index is 12.9. The highest BCUT2D eigenvalue weighted by Gasteiger charge is 2.37. The molecule has 9 heteroatoms. The Labute approximate surface area is 186 Å². The smallest absolute Gasteiger partial charge is 0.261 e. The monoisotopic (exact) mass is 459 g/mol. The topological polar surface area (TPSA) is 95.6 Å². The van der Waals surface area contributed by atoms with Crippen LogP contribution in [0.5, 0.6) is 0 Å². The fraction of sp³-hybridized carbons (Fsp3) is 0.364. The molecule has 1 atom stereocenters. The third-order valence-electron chi connectivity index (χ3n) is 5.59. The summed E-state index contributed by atoms with van der Waals surface area (Å²) in [6.45, 7) is 5.38. The molecule has 0 saturated carbocycles. The van der Waals surface area contributed by atoms with Gasteiger partial charge in [-0.25, -0.2) is 8.42 Å². The zero-order valence-corrected chi connectivity index (χ0v) is 19.1. The fourth-order valence-electron chi connectivity index (χ4n) is 3.74. The lowest BCUT2D eigenvalue weighted by Crippen LogP contribution is -2.47. The maximum Gasteiger partial charge on any atom is 0.261 e. The highest BCUT2D eigenvalue weighted by molar-refractivity contribution is 8.01. The lowest BCUT2D eigenvalue weighted by molar-refractivity contribution is -0.135. The molecular weight excluding hydrogens is 434 g/mol. The number of benzene rings is 2. The first-order valence-corrected chi connectivity index (χ1v) is 12.6. The molecule has 2 heterocycles. The molecular formula is C22H25N3O4S2. The number of rotatable bonds is 4. The zero-order chi connectivity index (χ0) is 22.2. The Balaban J connectivity index is 1.52. The van der Waals surface area contributed by atoms with Gasteiger partial charge in [0.25, 0.3) is 10.0 Å². The Morgan fingerprint density at radius 2 is 1.90 bits per heavy atom. The van der Waals surface area contributed by atoms with E-state index in [0.29, 0.717) is 35.3 Å². The van der Waals surface area contributed by atoms with Gasteiger partial charge in [0.2, 0.25) is 11.8 Å². The van der Waals surface area contributed by atoms with Crippen molar-refractivity contribution in [3.05, 3.63) is 48.0 Å². The molecule has 164 valence electrons. The molecule has 2 N–H and O–H groups in total. The minimum atomic E-state index is -3.82. The van der Waals surface area contributed by atoms with Crippen molar-refractivity contribution < 1.29 is 18.0 Å². The normalized spacial score (nSPS) is 19.5. The molecule has 0 aromatic heterocycles. The highest BCUT2D eigenvalue weighted by atomic mass is 32.2. The van der Waals surface area contributed by atoms with Gasteiger partial charge in [0.15, 0.2) is 5.25 Å². The van der Waals surface area contributed by atoms with Crippen LogP contribution in [0.15, 0.2) is 52.3 Å². The molecule has 31 heavy (non-hydrogen) atoms. The van der Waals surface area contributed by atoms with E-state index < -0.39 is 21.2 Å². The number of carbonyl (C=O) groups excluding carboxylic acids is 2. The molecule has 2 amide bonds. The second-order valence-corrected chi connectivity index (χ2v) is 11.0. The number of nitrogens with one attached hydrogen (secondary N) is 2. The van der Waals surface area contributed by atoms with Crippen LogP contribution in [0.2, 0.25) is 0 Å². The summed E-state index contributed by atoms with van der Waals surface area (Å²) in [5.74, 6) is -0.00781. The van der Waals surface area contributed by atoms with Crippen molar-refractivity contribution in [3.63, 3.8) is 0 Å². The molecule has 0 spiro atoms. The Morgan fingerprint density at radius 1 is 1.16 bits per heavy atom. The second-order valence-electron chi connectivity index (χ2n) is 8.13. The summed E-state index contributed by atoms with van der Waals surface area (Å²) < 4.78 is 28.1. The number of anilines is 2. The minimum absolute atomic E-state index is 0.0449. The average molecular weight is 460 g/mol. The highest BCUT2D eigenvalue weighted by Crippen LogP contribution is 2.38. The number of hydrogen-bond donors (Lipinski definition) is 2. The van der Waals surface area contributed by atoms with Gasteiger partial charge in [0.05, 0.1) is 10.6 Å². The van der Waals surface area contributed by atoms with Crippen LogP contribution in [0, 0.1) is 12.8 Å². The molecule has 2 aliphatic rings. The number of likely N-dealkylation sites (tertiary alicyclic amines) is 1. The van der Waals surface area contributed by atoms with Gasteiger partial charge in [-0.3, -0.25) is 14.3 Å². The van der Waals surface area contributed by atoms with Gasteiger partial charge in [0.1, 0.15) is 0 Å². The van der Waals surface area contributed by atoms with Gasteiger partial charge in [0, 0.05) is 23.7 Å². The molecule has 2 aromatic rings. The number of fused-ring (bicyclic) bond motifs is 1. The SMILES string of the molecule is Cc1cccc(NS(=O)(=O)c2ccc3c(c2)NC(=O)[C@@H](C(=O)N2CCC(C)CC2)S3)c1. The summed E-state index contributed by atoms with van der Waals surface area (Å²) in [5.41, 5.74) is 1.81. The van der Waals surface area contributed by atoms with Gasteiger partial charge in [-0.15, -0.1) is 11.8 Å². The molecule has 0 radical (unpaired) electrons. The standard InChI is InChI=1S/C22H25N3O4S2/c1-14-8-10-25(11-9-14)22(27)20-21(26)23-18-13-17(6-7-19(18)30-20)31(28,29)24-16-5-3-4-15(2)12-16/h3-7,12-14,20,24H,8-11H2,1-2H3,(H,23,26)/t20-/m0/s1. The number of nitrogens with zero attached hydrogens (tertiary/aromatic N) is 1. The zero-order valence-electron chi connectivity index (χ0n) is 17.4. The molecule has 4 rings (SSSR count). The largest absolute Gasteiger partial charge is 0.341 e. The van der Waals surface area contributed by atoms with Crippen molar-refractivity contribution in [2.45, 2.75) is 41.7 Å². The van der Waals surface area contributed by atoms with Crippen molar-refractivity contribution in [2.75, 3.05) is 23.1 Å². The van der Waals surface area contributed by atoms with E-state index in [2.05, 4.69) is 17.0 Å². The molecule has 7 nitrogen and oxygen atoms in total. The summed E-state index contributed by atoms with van der Waals surface area (Å²) in [5, 5.41) is 1.87. The van der Waals surface area contributed by atoms with Crippen LogP contribution in [0.1, 0.15) is 25.3 Å². The van der Waals surface area contributed by atoms with E-state index in [9.17, 15) is 18.0 Å². The maximum atomic E-state index is 12.9. The van der Waals surface area contributed by atoms with Crippen molar-refractivity contribution in [3.8, 4) is 0 Å². The van der Waals surface area contributed by atoms with Crippen molar-refractivity contribution in [2.24, 2.45) is 5.92 Å². The van der Waals surface area contributed by atoms with Crippen LogP contribution < -0.4 is 10.0 Å². The van der Waals surface area contributed by atoms with Gasteiger partial charge in [-0.2, -0.15) is 0 Å². The third kappa shape index (κ3) is 4.72. The van der Waals surface area contributed by atoms with Gasteiger partial charge < -0.3 is 10.2 Å². The lowest BCUT2D eigenvalue weighted by atomic mass is 9.99. The van der Waals surface area contributed by atoms with Crippen molar-refractivity contribution >= 4 is 45.0 Å². The Kier molecular flexibility index (Phi) is 5.98. The summed E-state index contributed by atoms with van der Waals surface area (Å²) in [4.78, 5) is 28.0. The third-order valence-corrected chi connectivity index (χ3v) is 8.23. The first kappa shape index (κ1) is 21.7. The summed E-state index contributed by atoms with van der Waals surface area (Å²) in [6.07, 6.45) is 1.88. The Hall–Kier alpha value is -2.52. The van der Waals surface area contributed by atoms with E-state index in [1.54, 1.807) is 29.2 Å². The van der Waals surface area contributed by atoms with Crippen molar-refractivity contribution in [1.82, 2.24) is 4.90 Å². The fourth-order valence-corrected chi connectivity index (χ4v) is 5.86. The molecule has 2 aliphatic heterocycles. The predicted molar refractivity (Wildman–Crippen MR) is 122 cm³/mol. The van der Waals surface area contributed by atoms with Crippen LogP contribution >= 0.6 is 11.8 Å². The van der Waals surface area contributed by atoms with Crippen LogP contribution in [-0.4, -0.2) is 43.5 Å². The number of carbonyl (C=O) groups is 2. The van der Waals surface area contributed by atoms with Crippen LogP contribution in [-0.2, 0) is 19.6 Å². The first-order valence-electron chi connectivity index (χ1n) is 10.2. The molecule has 2 aromatic carbocycles. The van der Waals surface area contributed by atoms with Crippen LogP contribution in [0.4, 0.5) is 11.4 Å². The van der Waals surface area contributed by atoms with E-state index in [1.807, 2.05) is 13.0 Å². The van der Waals surface area contributed by atoms with E-state index in [1.165, 1.54) is 23.9 Å². The number of piperidine rings is 1. The van der Waals surface area contributed by atoms with E-state index in [4.69, 9.17) is 0 Å². The average Bonchev–Trinajstić information content (AvgIpc) is 2.72. The van der Waals surface area contributed by atoms with Crippen molar-refractivity contribution in [1.29, 1.82) is 0 Å². The Morgan fingerprint density at radius 3 is 2.61 bits per heavy atom. The van der Waals surface area contributed by atoms with E-state index >= 15 is 0 Å².